The van der Waals surface area contributed by atoms with Gasteiger partial charge in [0.1, 0.15) is 5.75 Å². The van der Waals surface area contributed by atoms with Gasteiger partial charge in [-0.2, -0.15) is 0 Å². The minimum atomic E-state index is 0.731. The largest absolute Gasteiger partial charge is 0.493 e. The molecule has 2 saturated heterocycles. The molecule has 2 fully saturated rings. The van der Waals surface area contributed by atoms with Crippen LogP contribution in [0.4, 0.5) is 0 Å². The van der Waals surface area contributed by atoms with E-state index in [9.17, 15) is 0 Å². The number of likely N-dealkylation sites (tertiary alicyclic amines) is 2. The first-order chi connectivity index (χ1) is 14.4. The van der Waals surface area contributed by atoms with Gasteiger partial charge in [-0.3, -0.25) is 0 Å². The van der Waals surface area contributed by atoms with E-state index < -0.39 is 0 Å². The van der Waals surface area contributed by atoms with E-state index in [1.54, 1.807) is 0 Å². The van der Waals surface area contributed by atoms with Crippen molar-refractivity contribution in [2.24, 2.45) is 0 Å². The van der Waals surface area contributed by atoms with Crippen molar-refractivity contribution < 1.29 is 4.74 Å². The molecule has 0 saturated carbocycles. The number of ether oxygens (including phenoxy) is 1. The first-order valence-electron chi connectivity index (χ1n) is 11.6. The standard InChI is InChI=1S/C26H36N2O/c1-3-7-23(8-4-1)16-22-29-26-11-9-24(10-12-26)13-19-27-20-14-25(15-21-27)28-17-5-2-6-18-28/h1,3-4,7-12,25H,2,5-6,13-22H2. The van der Waals surface area contributed by atoms with Gasteiger partial charge in [-0.1, -0.05) is 48.9 Å². The van der Waals surface area contributed by atoms with Gasteiger partial charge in [-0.05, 0) is 81.5 Å². The fraction of sp³-hybridized carbons (Fsp3) is 0.538. The summed E-state index contributed by atoms with van der Waals surface area (Å²) in [6, 6.07) is 20.1. The lowest BCUT2D eigenvalue weighted by molar-refractivity contribution is 0.0931. The molecule has 156 valence electrons. The Bertz CT molecular complexity index is 701. The van der Waals surface area contributed by atoms with E-state index in [2.05, 4.69) is 64.4 Å². The zero-order valence-electron chi connectivity index (χ0n) is 17.8. The van der Waals surface area contributed by atoms with E-state index in [1.807, 2.05) is 0 Å². The maximum atomic E-state index is 5.91. The van der Waals surface area contributed by atoms with Crippen LogP contribution in [0.5, 0.6) is 5.75 Å². The average molecular weight is 393 g/mol. The van der Waals surface area contributed by atoms with Crippen LogP contribution in [0.15, 0.2) is 54.6 Å². The maximum Gasteiger partial charge on any atom is 0.119 e. The number of hydrogen-bond donors (Lipinski definition) is 0. The van der Waals surface area contributed by atoms with Crippen LogP contribution in [0.3, 0.4) is 0 Å². The summed E-state index contributed by atoms with van der Waals surface area (Å²) in [7, 11) is 0. The molecule has 2 aromatic rings. The Morgan fingerprint density at radius 2 is 1.41 bits per heavy atom. The number of hydrogen-bond acceptors (Lipinski definition) is 3. The molecule has 0 aliphatic carbocycles. The van der Waals surface area contributed by atoms with Gasteiger partial charge in [-0.15, -0.1) is 0 Å². The summed E-state index contributed by atoms with van der Waals surface area (Å²) in [5.41, 5.74) is 2.74. The Kier molecular flexibility index (Phi) is 7.61. The highest BCUT2D eigenvalue weighted by Gasteiger charge is 2.25. The fourth-order valence-electron chi connectivity index (χ4n) is 4.76. The molecule has 0 amide bonds. The molecule has 3 heteroatoms. The van der Waals surface area contributed by atoms with Gasteiger partial charge < -0.3 is 14.5 Å². The Hall–Kier alpha value is -1.84. The topological polar surface area (TPSA) is 15.7 Å². The summed E-state index contributed by atoms with van der Waals surface area (Å²) in [5, 5.41) is 0. The van der Waals surface area contributed by atoms with Crippen LogP contribution in [0.1, 0.15) is 43.2 Å². The summed E-state index contributed by atoms with van der Waals surface area (Å²) in [6.07, 6.45) is 9.06. The van der Waals surface area contributed by atoms with Gasteiger partial charge in [0.05, 0.1) is 6.61 Å². The molecule has 0 spiro atoms. The first-order valence-corrected chi connectivity index (χ1v) is 11.6. The van der Waals surface area contributed by atoms with Crippen molar-refractivity contribution in [3.63, 3.8) is 0 Å². The van der Waals surface area contributed by atoms with Crippen LogP contribution in [-0.4, -0.2) is 55.2 Å². The highest BCUT2D eigenvalue weighted by molar-refractivity contribution is 5.27. The molecule has 3 nitrogen and oxygen atoms in total. The van der Waals surface area contributed by atoms with Crippen LogP contribution in [0.2, 0.25) is 0 Å². The van der Waals surface area contributed by atoms with Crippen molar-refractivity contribution in [2.45, 2.75) is 51.0 Å². The molecular weight excluding hydrogens is 356 g/mol. The Morgan fingerprint density at radius 1 is 0.724 bits per heavy atom. The lowest BCUT2D eigenvalue weighted by Gasteiger charge is -2.40. The summed E-state index contributed by atoms with van der Waals surface area (Å²) in [6.45, 7) is 7.12. The van der Waals surface area contributed by atoms with Crippen molar-refractivity contribution in [1.82, 2.24) is 9.80 Å². The lowest BCUT2D eigenvalue weighted by Crippen LogP contribution is -2.47. The molecule has 2 heterocycles. The minimum absolute atomic E-state index is 0.731. The van der Waals surface area contributed by atoms with Crippen LogP contribution < -0.4 is 4.74 Å². The third-order valence-electron chi connectivity index (χ3n) is 6.61. The SMILES string of the molecule is c1ccc(CCOc2ccc(CCN3CCC(N4CCCCC4)CC3)cc2)cc1. The second-order valence-electron chi connectivity index (χ2n) is 8.65. The van der Waals surface area contributed by atoms with Crippen LogP contribution in [-0.2, 0) is 12.8 Å². The third kappa shape index (κ3) is 6.32. The molecule has 2 aromatic carbocycles. The quantitative estimate of drug-likeness (QED) is 0.642. The first kappa shape index (κ1) is 20.4. The molecule has 0 atom stereocenters. The third-order valence-corrected chi connectivity index (χ3v) is 6.61. The number of benzene rings is 2. The average Bonchev–Trinajstić information content (AvgIpc) is 2.80. The molecular formula is C26H36N2O. The van der Waals surface area contributed by atoms with Gasteiger partial charge in [0.2, 0.25) is 0 Å². The van der Waals surface area contributed by atoms with Crippen molar-refractivity contribution in [3.8, 4) is 5.75 Å². The predicted molar refractivity (Wildman–Crippen MR) is 121 cm³/mol. The maximum absolute atomic E-state index is 5.91. The summed E-state index contributed by atoms with van der Waals surface area (Å²) < 4.78 is 5.91. The summed E-state index contributed by atoms with van der Waals surface area (Å²) in [5.74, 6) is 0.979. The predicted octanol–water partition coefficient (Wildman–Crippen LogP) is 4.80. The second-order valence-corrected chi connectivity index (χ2v) is 8.65. The van der Waals surface area contributed by atoms with Crippen LogP contribution in [0, 0.1) is 0 Å². The van der Waals surface area contributed by atoms with E-state index in [1.165, 1.54) is 76.0 Å². The van der Waals surface area contributed by atoms with Gasteiger partial charge in [-0.25, -0.2) is 0 Å². The number of nitrogens with zero attached hydrogens (tertiary/aromatic N) is 2. The molecule has 4 rings (SSSR count). The highest BCUT2D eigenvalue weighted by Crippen LogP contribution is 2.21. The smallest absolute Gasteiger partial charge is 0.119 e. The molecule has 29 heavy (non-hydrogen) atoms. The number of rotatable bonds is 8. The highest BCUT2D eigenvalue weighted by atomic mass is 16.5. The lowest BCUT2D eigenvalue weighted by atomic mass is 9.99. The molecule has 0 radical (unpaired) electrons. The molecule has 2 aliphatic heterocycles. The monoisotopic (exact) mass is 392 g/mol. The van der Waals surface area contributed by atoms with E-state index in [-0.39, 0.29) is 0 Å². The Balaban J connectivity index is 1.14. The van der Waals surface area contributed by atoms with Gasteiger partial charge in [0.25, 0.3) is 0 Å². The fourth-order valence-corrected chi connectivity index (χ4v) is 4.76. The van der Waals surface area contributed by atoms with Crippen molar-refractivity contribution in [3.05, 3.63) is 65.7 Å². The van der Waals surface area contributed by atoms with E-state index in [0.717, 1.165) is 31.2 Å². The van der Waals surface area contributed by atoms with Crippen LogP contribution >= 0.6 is 0 Å². The molecule has 0 unspecified atom stereocenters. The second kappa shape index (κ2) is 10.8. The van der Waals surface area contributed by atoms with Gasteiger partial charge in [0.15, 0.2) is 0 Å². The van der Waals surface area contributed by atoms with Crippen molar-refractivity contribution in [1.29, 1.82) is 0 Å². The summed E-state index contributed by atoms with van der Waals surface area (Å²) in [4.78, 5) is 5.42. The summed E-state index contributed by atoms with van der Waals surface area (Å²) >= 11 is 0. The Labute approximate surface area is 176 Å². The zero-order chi connectivity index (χ0) is 19.7. The molecule has 0 aromatic heterocycles. The van der Waals surface area contributed by atoms with E-state index in [0.29, 0.717) is 0 Å². The van der Waals surface area contributed by atoms with Gasteiger partial charge in [0, 0.05) is 19.0 Å². The minimum Gasteiger partial charge on any atom is -0.493 e. The van der Waals surface area contributed by atoms with E-state index >= 15 is 0 Å². The molecule has 2 aliphatic rings. The van der Waals surface area contributed by atoms with Crippen molar-refractivity contribution >= 4 is 0 Å². The normalized spacial score (nSPS) is 19.3. The Morgan fingerprint density at radius 3 is 2.14 bits per heavy atom. The molecule has 0 bridgehead atoms. The van der Waals surface area contributed by atoms with Crippen molar-refractivity contribution in [2.75, 3.05) is 39.3 Å². The van der Waals surface area contributed by atoms with E-state index in [4.69, 9.17) is 4.74 Å². The number of piperidine rings is 2. The molecule has 0 N–H and O–H groups in total. The zero-order valence-corrected chi connectivity index (χ0v) is 17.8. The van der Waals surface area contributed by atoms with Crippen LogP contribution in [0.25, 0.3) is 0 Å². The van der Waals surface area contributed by atoms with Gasteiger partial charge >= 0.3 is 0 Å².